The number of nitrogens with two attached hydrogens (primary N) is 3. The molecule has 2 rings (SSSR count). The van der Waals surface area contributed by atoms with Gasteiger partial charge in [-0.2, -0.15) is 0 Å². The van der Waals surface area contributed by atoms with Gasteiger partial charge in [-0.15, -0.1) is 0 Å². The molecule has 6 unspecified atom stereocenters. The molecule has 0 aliphatic carbocycles. The second-order valence-corrected chi connectivity index (χ2v) is 8.33. The quantitative estimate of drug-likeness (QED) is 0.143. The molecule has 39 heavy (non-hydrogen) atoms. The van der Waals surface area contributed by atoms with Crippen LogP contribution in [0.1, 0.15) is 6.42 Å². The number of aliphatic imine (C=N–C) groups is 1. The lowest BCUT2D eigenvalue weighted by atomic mass is 10.0. The molecule has 216 valence electrons. The third-order valence-electron chi connectivity index (χ3n) is 5.38. The van der Waals surface area contributed by atoms with Crippen molar-refractivity contribution in [3.05, 3.63) is 11.9 Å². The fraction of sp³-hybridized carbons (Fsp3) is 0.526. The molecule has 20 heteroatoms. The van der Waals surface area contributed by atoms with Gasteiger partial charge in [-0.25, -0.2) is 9.79 Å². The first-order valence-electron chi connectivity index (χ1n) is 11.4. The van der Waals surface area contributed by atoms with Crippen molar-refractivity contribution in [3.8, 4) is 0 Å². The van der Waals surface area contributed by atoms with Gasteiger partial charge >= 0.3 is 6.03 Å². The number of carbonyl (C=O) groups excluding carboxylic acids is 6. The number of nitrogens with one attached hydrogen (secondary N) is 7. The van der Waals surface area contributed by atoms with E-state index in [1.165, 1.54) is 0 Å². The second-order valence-electron chi connectivity index (χ2n) is 8.33. The van der Waals surface area contributed by atoms with Gasteiger partial charge < -0.3 is 69.7 Å². The maximum Gasteiger partial charge on any atom is 0.316 e. The average Bonchev–Trinajstić information content (AvgIpc) is 2.87. The average molecular weight is 558 g/mol. The summed E-state index contributed by atoms with van der Waals surface area (Å²) < 4.78 is 0. The first-order chi connectivity index (χ1) is 18.4. The number of hydrogen-bond donors (Lipinski definition) is 13. The standard InChI is InChI=1S/C19H31N11O9/c20-6-2-23-17(38)12(7-1-11(33)29-18(21)28-7)30-14(35)8(3-24-19(22)39)25-15(36)10(5-32)27-16(37)9(4-31)26-13(6)34/h3,6-7,9-12,31-33H,1-2,4-5,20H2,(H,23,38)(H,25,36)(H,26,34)(H,27,37)(H,30,35)(H3,21,28,29)(H3,22,24,39). The molecule has 6 atom stereocenters. The van der Waals surface area contributed by atoms with Crippen LogP contribution in [0.2, 0.25) is 0 Å². The van der Waals surface area contributed by atoms with Crippen molar-refractivity contribution >= 4 is 41.5 Å². The number of aliphatic hydroxyl groups is 3. The molecule has 0 radical (unpaired) electrons. The summed E-state index contributed by atoms with van der Waals surface area (Å²) in [6.45, 7) is -2.42. The molecule has 1 saturated heterocycles. The van der Waals surface area contributed by atoms with Gasteiger partial charge in [0.1, 0.15) is 29.9 Å². The fourth-order valence-corrected chi connectivity index (χ4v) is 3.39. The third kappa shape index (κ3) is 8.77. The van der Waals surface area contributed by atoms with Crippen molar-refractivity contribution in [2.45, 2.75) is 42.9 Å². The van der Waals surface area contributed by atoms with E-state index >= 15 is 0 Å². The lowest BCUT2D eigenvalue weighted by Gasteiger charge is -2.32. The van der Waals surface area contributed by atoms with Crippen molar-refractivity contribution in [3.63, 3.8) is 0 Å². The van der Waals surface area contributed by atoms with E-state index in [0.717, 1.165) is 0 Å². The van der Waals surface area contributed by atoms with Gasteiger partial charge in [-0.3, -0.25) is 24.0 Å². The Hall–Kier alpha value is -4.53. The van der Waals surface area contributed by atoms with E-state index in [1.54, 1.807) is 0 Å². The van der Waals surface area contributed by atoms with Crippen LogP contribution in [0.5, 0.6) is 0 Å². The molecule has 2 aliphatic heterocycles. The van der Waals surface area contributed by atoms with Crippen LogP contribution in [0.25, 0.3) is 0 Å². The molecule has 16 N–H and O–H groups in total. The summed E-state index contributed by atoms with van der Waals surface area (Å²) in [7, 11) is 0. The van der Waals surface area contributed by atoms with E-state index in [1.807, 2.05) is 5.32 Å². The van der Waals surface area contributed by atoms with Crippen LogP contribution in [0, 0.1) is 0 Å². The summed E-state index contributed by atoms with van der Waals surface area (Å²) in [4.78, 5) is 78.7. The number of rotatable bonds is 4. The minimum atomic E-state index is -1.71. The van der Waals surface area contributed by atoms with Gasteiger partial charge in [0.25, 0.3) is 5.91 Å². The molecule has 2 heterocycles. The van der Waals surface area contributed by atoms with Gasteiger partial charge in [-0.05, 0) is 0 Å². The highest BCUT2D eigenvalue weighted by Gasteiger charge is 2.36. The zero-order valence-corrected chi connectivity index (χ0v) is 20.3. The highest BCUT2D eigenvalue weighted by molar-refractivity contribution is 6.02. The molecule has 0 aromatic heterocycles. The zero-order valence-electron chi connectivity index (χ0n) is 20.3. The molecule has 0 aromatic rings. The number of amides is 7. The van der Waals surface area contributed by atoms with E-state index in [2.05, 4.69) is 36.9 Å². The van der Waals surface area contributed by atoms with E-state index in [-0.39, 0.29) is 12.4 Å². The minimum absolute atomic E-state index is 0.215. The highest BCUT2D eigenvalue weighted by atomic mass is 16.3. The Morgan fingerprint density at radius 2 is 1.59 bits per heavy atom. The second kappa shape index (κ2) is 13.9. The predicted octanol–water partition coefficient (Wildman–Crippen LogP) is -8.50. The lowest BCUT2D eigenvalue weighted by molar-refractivity contribution is -0.134. The number of primary amides is 1. The normalized spacial score (nSPS) is 30.5. The van der Waals surface area contributed by atoms with Crippen molar-refractivity contribution in [2.75, 3.05) is 19.8 Å². The van der Waals surface area contributed by atoms with Gasteiger partial charge in [0, 0.05) is 19.2 Å². The first-order valence-corrected chi connectivity index (χ1v) is 11.4. The van der Waals surface area contributed by atoms with E-state index in [4.69, 9.17) is 17.2 Å². The van der Waals surface area contributed by atoms with Crippen molar-refractivity contribution in [1.29, 1.82) is 0 Å². The van der Waals surface area contributed by atoms with Gasteiger partial charge in [0.2, 0.25) is 23.6 Å². The van der Waals surface area contributed by atoms with Crippen molar-refractivity contribution in [2.24, 2.45) is 22.2 Å². The Morgan fingerprint density at radius 1 is 0.974 bits per heavy atom. The smallest absolute Gasteiger partial charge is 0.316 e. The maximum absolute atomic E-state index is 13.1. The van der Waals surface area contributed by atoms with Gasteiger partial charge in [0.15, 0.2) is 12.2 Å². The number of urea groups is 1. The van der Waals surface area contributed by atoms with Crippen LogP contribution >= 0.6 is 0 Å². The lowest BCUT2D eigenvalue weighted by Crippen LogP contribution is -2.64. The van der Waals surface area contributed by atoms with E-state index in [0.29, 0.717) is 6.20 Å². The summed E-state index contributed by atoms with van der Waals surface area (Å²) in [6.07, 6.45) is -0.868. The van der Waals surface area contributed by atoms with Crippen LogP contribution in [0.4, 0.5) is 4.79 Å². The van der Waals surface area contributed by atoms with Crippen LogP contribution in [0.3, 0.4) is 0 Å². The Bertz CT molecular complexity index is 1050. The Labute approximate surface area is 220 Å². The van der Waals surface area contributed by atoms with Crippen LogP contribution in [-0.4, -0.2) is 113 Å². The molecule has 0 spiro atoms. The number of guanidine groups is 1. The molecular weight excluding hydrogens is 526 g/mol. The molecule has 0 aromatic carbocycles. The van der Waals surface area contributed by atoms with Crippen molar-refractivity contribution in [1.82, 2.24) is 37.2 Å². The van der Waals surface area contributed by atoms with E-state index in [9.17, 15) is 44.1 Å². The minimum Gasteiger partial charge on any atom is -0.394 e. The van der Waals surface area contributed by atoms with Gasteiger partial charge in [0.05, 0.1) is 19.3 Å². The zero-order chi connectivity index (χ0) is 29.3. The number of nitrogens with zero attached hydrogens (tertiary/aromatic N) is 1. The van der Waals surface area contributed by atoms with Crippen LogP contribution in [-0.2, 0) is 24.0 Å². The van der Waals surface area contributed by atoms with Crippen LogP contribution in [0.15, 0.2) is 16.9 Å². The summed E-state index contributed by atoms with van der Waals surface area (Å²) in [5.41, 5.74) is 15.8. The van der Waals surface area contributed by atoms with E-state index < -0.39 is 97.5 Å². The summed E-state index contributed by atoms with van der Waals surface area (Å²) >= 11 is 0. The van der Waals surface area contributed by atoms with Crippen molar-refractivity contribution < 1.29 is 44.1 Å². The monoisotopic (exact) mass is 557 g/mol. The Morgan fingerprint density at radius 3 is 2.18 bits per heavy atom. The molecule has 1 fully saturated rings. The summed E-state index contributed by atoms with van der Waals surface area (Å²) in [5, 5.41) is 44.7. The SMILES string of the molecule is NC(=O)NC=C1NC(=O)C(CO)NC(=O)C(CO)NC(=O)C(N)CNC(=O)C(C2CC(O)N=C(N)N2)NC1=O. The molecule has 0 saturated carbocycles. The molecule has 2 aliphatic rings. The third-order valence-corrected chi connectivity index (χ3v) is 5.38. The maximum atomic E-state index is 13.1. The first kappa shape index (κ1) is 30.7. The Balaban J connectivity index is 2.48. The molecule has 7 amide bonds. The topological polar surface area (TPSA) is 338 Å². The van der Waals surface area contributed by atoms with Gasteiger partial charge in [-0.1, -0.05) is 0 Å². The molecule has 20 nitrogen and oxygen atoms in total. The molecular formula is C19H31N11O9. The molecule has 0 bridgehead atoms. The Kier molecular flexibility index (Phi) is 10.9. The predicted molar refractivity (Wildman–Crippen MR) is 129 cm³/mol. The van der Waals surface area contributed by atoms with Crippen LogP contribution < -0.4 is 54.4 Å². The highest BCUT2D eigenvalue weighted by Crippen LogP contribution is 2.10. The summed E-state index contributed by atoms with van der Waals surface area (Å²) in [5.74, 6) is -5.56. The number of carbonyl (C=O) groups is 6. The fourth-order valence-electron chi connectivity index (χ4n) is 3.39. The number of hydrogen-bond acceptors (Lipinski definition) is 13. The largest absolute Gasteiger partial charge is 0.394 e. The summed E-state index contributed by atoms with van der Waals surface area (Å²) in [6, 6.07) is -8.48. The number of aliphatic hydroxyl groups excluding tert-OH is 3.